The first kappa shape index (κ1) is 20.6. The van der Waals surface area contributed by atoms with Crippen LogP contribution in [-0.4, -0.2) is 39.9 Å². The maximum Gasteiger partial charge on any atom is 0.269 e. The second-order valence-corrected chi connectivity index (χ2v) is 10.5. The van der Waals surface area contributed by atoms with Crippen LogP contribution in [0.5, 0.6) is 0 Å². The Labute approximate surface area is 185 Å². The summed E-state index contributed by atoms with van der Waals surface area (Å²) in [4.78, 5) is 11.3. The van der Waals surface area contributed by atoms with Crippen LogP contribution in [0.4, 0.5) is 5.82 Å². The SMILES string of the molecule is Cc1ccc(S(=O)(=O)n2ccc3c(N(C)C4CCC(CI)CC4)ncnc32)cc1. The van der Waals surface area contributed by atoms with Crippen LogP contribution in [-0.2, 0) is 10.0 Å². The number of nitrogens with zero attached hydrogens (tertiary/aromatic N) is 4. The maximum absolute atomic E-state index is 13.2. The van der Waals surface area contributed by atoms with Gasteiger partial charge in [0.2, 0.25) is 0 Å². The van der Waals surface area contributed by atoms with Crippen molar-refractivity contribution < 1.29 is 8.42 Å². The quantitative estimate of drug-likeness (QED) is 0.366. The minimum Gasteiger partial charge on any atom is -0.356 e. The standard InChI is InChI=1S/C21H25IN4O2S/c1-15-3-9-18(10-4-15)29(27,28)26-12-11-19-20(23-14-24-21(19)26)25(2)17-7-5-16(13-22)6-8-17/h3-4,9-12,14,16-17H,5-8,13H2,1-2H3. The third kappa shape index (κ3) is 3.88. The van der Waals surface area contributed by atoms with Gasteiger partial charge in [0.15, 0.2) is 5.65 Å². The molecule has 29 heavy (non-hydrogen) atoms. The van der Waals surface area contributed by atoms with E-state index in [0.29, 0.717) is 11.7 Å². The molecule has 0 saturated heterocycles. The Morgan fingerprint density at radius 3 is 2.45 bits per heavy atom. The smallest absolute Gasteiger partial charge is 0.269 e. The van der Waals surface area contributed by atoms with Gasteiger partial charge < -0.3 is 4.90 Å². The van der Waals surface area contributed by atoms with E-state index in [4.69, 9.17) is 0 Å². The summed E-state index contributed by atoms with van der Waals surface area (Å²) in [7, 11) is -1.65. The molecule has 1 aromatic carbocycles. The van der Waals surface area contributed by atoms with Crippen LogP contribution in [0.15, 0.2) is 47.8 Å². The van der Waals surface area contributed by atoms with E-state index in [-0.39, 0.29) is 4.90 Å². The summed E-state index contributed by atoms with van der Waals surface area (Å²) in [5.41, 5.74) is 1.44. The normalized spacial score (nSPS) is 20.1. The molecule has 0 bridgehead atoms. The number of halogens is 1. The zero-order valence-corrected chi connectivity index (χ0v) is 19.6. The number of hydrogen-bond acceptors (Lipinski definition) is 5. The molecule has 6 nitrogen and oxygen atoms in total. The second-order valence-electron chi connectivity index (χ2n) is 7.80. The van der Waals surface area contributed by atoms with Gasteiger partial charge in [-0.2, -0.15) is 0 Å². The summed E-state index contributed by atoms with van der Waals surface area (Å²) in [5.74, 6) is 1.61. The highest BCUT2D eigenvalue weighted by Gasteiger charge is 2.27. The van der Waals surface area contributed by atoms with Crippen molar-refractivity contribution in [1.82, 2.24) is 13.9 Å². The van der Waals surface area contributed by atoms with Gasteiger partial charge in [0.05, 0.1) is 10.3 Å². The van der Waals surface area contributed by atoms with E-state index in [1.807, 2.05) is 13.0 Å². The Kier molecular flexibility index (Phi) is 5.83. The van der Waals surface area contributed by atoms with Crippen molar-refractivity contribution >= 4 is 49.5 Å². The largest absolute Gasteiger partial charge is 0.356 e. The fourth-order valence-electron chi connectivity index (χ4n) is 4.07. The Hall–Kier alpha value is -1.68. The first-order chi connectivity index (χ1) is 13.9. The first-order valence-electron chi connectivity index (χ1n) is 9.85. The minimum absolute atomic E-state index is 0.256. The molecule has 0 unspecified atom stereocenters. The third-order valence-corrected chi connectivity index (χ3v) is 8.85. The van der Waals surface area contributed by atoms with Gasteiger partial charge in [0.1, 0.15) is 12.1 Å². The molecule has 1 aliphatic carbocycles. The van der Waals surface area contributed by atoms with Crippen molar-refractivity contribution in [2.75, 3.05) is 16.4 Å². The molecular weight excluding hydrogens is 499 g/mol. The Morgan fingerprint density at radius 1 is 1.10 bits per heavy atom. The molecule has 2 heterocycles. The lowest BCUT2D eigenvalue weighted by Gasteiger charge is -2.35. The molecule has 0 amide bonds. The third-order valence-electron chi connectivity index (χ3n) is 5.92. The highest BCUT2D eigenvalue weighted by atomic mass is 127. The molecule has 8 heteroatoms. The van der Waals surface area contributed by atoms with E-state index in [1.54, 1.807) is 30.5 Å². The van der Waals surface area contributed by atoms with Gasteiger partial charge in [-0.3, -0.25) is 0 Å². The van der Waals surface area contributed by atoms with E-state index in [0.717, 1.165) is 35.5 Å². The minimum atomic E-state index is -3.71. The number of hydrogen-bond donors (Lipinski definition) is 0. The summed E-state index contributed by atoms with van der Waals surface area (Å²) in [5, 5.41) is 0.765. The van der Waals surface area contributed by atoms with Crippen LogP contribution >= 0.6 is 22.6 Å². The number of fused-ring (bicyclic) bond motifs is 1. The van der Waals surface area contributed by atoms with Gasteiger partial charge in [-0.1, -0.05) is 40.3 Å². The number of rotatable bonds is 5. The van der Waals surface area contributed by atoms with Gasteiger partial charge in [0, 0.05) is 23.7 Å². The van der Waals surface area contributed by atoms with Crippen molar-refractivity contribution in [2.45, 2.75) is 43.5 Å². The summed E-state index contributed by atoms with van der Waals surface area (Å²) >= 11 is 2.48. The lowest BCUT2D eigenvalue weighted by atomic mass is 9.86. The number of benzene rings is 1. The van der Waals surface area contributed by atoms with Crippen molar-refractivity contribution in [3.05, 3.63) is 48.4 Å². The lowest BCUT2D eigenvalue weighted by Crippen LogP contribution is -2.36. The number of aromatic nitrogens is 3. The van der Waals surface area contributed by atoms with E-state index >= 15 is 0 Å². The van der Waals surface area contributed by atoms with Crippen LogP contribution in [0.25, 0.3) is 11.0 Å². The fourth-order valence-corrected chi connectivity index (χ4v) is 6.26. The Balaban J connectivity index is 1.69. The fraction of sp³-hybridized carbons (Fsp3) is 0.429. The van der Waals surface area contributed by atoms with Crippen LogP contribution in [0, 0.1) is 12.8 Å². The van der Waals surface area contributed by atoms with Crippen LogP contribution in [0.2, 0.25) is 0 Å². The van der Waals surface area contributed by atoms with Gasteiger partial charge in [-0.05, 0) is 56.7 Å². The summed E-state index contributed by atoms with van der Waals surface area (Å²) in [6.07, 6.45) is 7.78. The molecular formula is C21H25IN4O2S. The number of anilines is 1. The second kappa shape index (κ2) is 8.22. The summed E-state index contributed by atoms with van der Waals surface area (Å²) in [6.45, 7) is 1.93. The Bertz CT molecular complexity index is 1100. The molecule has 0 radical (unpaired) electrons. The molecule has 154 valence electrons. The molecule has 2 aromatic heterocycles. The number of alkyl halides is 1. The van der Waals surface area contributed by atoms with Gasteiger partial charge in [-0.15, -0.1) is 0 Å². The molecule has 1 saturated carbocycles. The zero-order valence-electron chi connectivity index (χ0n) is 16.6. The van der Waals surface area contributed by atoms with Gasteiger partial charge in [0.25, 0.3) is 10.0 Å². The lowest BCUT2D eigenvalue weighted by molar-refractivity contribution is 0.347. The van der Waals surface area contributed by atoms with Crippen LogP contribution < -0.4 is 4.90 Å². The van der Waals surface area contributed by atoms with Crippen LogP contribution in [0.3, 0.4) is 0 Å². The average molecular weight is 524 g/mol. The maximum atomic E-state index is 13.2. The predicted molar refractivity (Wildman–Crippen MR) is 124 cm³/mol. The van der Waals surface area contributed by atoms with Crippen molar-refractivity contribution in [2.24, 2.45) is 5.92 Å². The summed E-state index contributed by atoms with van der Waals surface area (Å²) < 4.78 is 28.8. The van der Waals surface area contributed by atoms with Crippen LogP contribution in [0.1, 0.15) is 31.2 Å². The Morgan fingerprint density at radius 2 is 1.79 bits per heavy atom. The van der Waals surface area contributed by atoms with Crippen molar-refractivity contribution in [3.63, 3.8) is 0 Å². The highest BCUT2D eigenvalue weighted by molar-refractivity contribution is 14.1. The monoisotopic (exact) mass is 524 g/mol. The van der Waals surface area contributed by atoms with Crippen molar-refractivity contribution in [1.29, 1.82) is 0 Å². The van der Waals surface area contributed by atoms with E-state index < -0.39 is 10.0 Å². The highest BCUT2D eigenvalue weighted by Crippen LogP contribution is 2.33. The van der Waals surface area contributed by atoms with E-state index in [1.165, 1.54) is 27.6 Å². The predicted octanol–water partition coefficient (Wildman–Crippen LogP) is 4.41. The molecule has 0 aliphatic heterocycles. The first-order valence-corrected chi connectivity index (χ1v) is 12.8. The molecule has 3 aromatic rings. The molecule has 4 rings (SSSR count). The van der Waals surface area contributed by atoms with Gasteiger partial charge in [-0.25, -0.2) is 22.4 Å². The molecule has 1 fully saturated rings. The molecule has 0 spiro atoms. The zero-order chi connectivity index (χ0) is 20.6. The van der Waals surface area contributed by atoms with Gasteiger partial charge >= 0.3 is 0 Å². The van der Waals surface area contributed by atoms with Crippen molar-refractivity contribution in [3.8, 4) is 0 Å². The summed E-state index contributed by atoms with van der Waals surface area (Å²) in [6, 6.07) is 9.11. The average Bonchev–Trinajstić information content (AvgIpc) is 3.19. The molecule has 0 atom stereocenters. The molecule has 1 aliphatic rings. The van der Waals surface area contributed by atoms with E-state index in [2.05, 4.69) is 44.5 Å². The molecule has 0 N–H and O–H groups in total. The number of aryl methyl sites for hydroxylation is 1. The van der Waals surface area contributed by atoms with E-state index in [9.17, 15) is 8.42 Å². The topological polar surface area (TPSA) is 68.1 Å².